The zero-order valence-electron chi connectivity index (χ0n) is 18.2. The van der Waals surface area contributed by atoms with Gasteiger partial charge in [-0.2, -0.15) is 0 Å². The Bertz CT molecular complexity index is 1110. The van der Waals surface area contributed by atoms with Crippen molar-refractivity contribution in [1.82, 2.24) is 9.80 Å². The Balaban J connectivity index is 1.58. The molecule has 1 fully saturated rings. The van der Waals surface area contributed by atoms with Gasteiger partial charge in [0.1, 0.15) is 6.17 Å². The van der Waals surface area contributed by atoms with Crippen LogP contribution < -0.4 is 14.4 Å². The second-order valence-electron chi connectivity index (χ2n) is 8.17. The molecule has 3 amide bonds. The summed E-state index contributed by atoms with van der Waals surface area (Å²) in [6.45, 7) is 1.76. The molecule has 32 heavy (non-hydrogen) atoms. The number of nitrogens with zero attached hydrogens (tertiary/aromatic N) is 3. The number of carbonyl (C=O) groups is 3. The SMILES string of the molecule is COc1ccc2c(c1OC)C(=O)N1c3ccccc3C(=O)N(CCC(=O)N3CCCC3)[C@@H]21. The van der Waals surface area contributed by atoms with Crippen molar-refractivity contribution in [3.63, 3.8) is 0 Å². The van der Waals surface area contributed by atoms with Crippen molar-refractivity contribution in [1.29, 1.82) is 0 Å². The summed E-state index contributed by atoms with van der Waals surface area (Å²) in [7, 11) is 3.01. The Morgan fingerprint density at radius 2 is 1.75 bits per heavy atom. The highest BCUT2D eigenvalue weighted by molar-refractivity contribution is 6.18. The quantitative estimate of drug-likeness (QED) is 0.722. The fraction of sp³-hybridized carbons (Fsp3) is 0.375. The largest absolute Gasteiger partial charge is 0.493 e. The molecule has 5 rings (SSSR count). The lowest BCUT2D eigenvalue weighted by Gasteiger charge is -2.41. The molecule has 0 bridgehead atoms. The molecule has 0 unspecified atom stereocenters. The summed E-state index contributed by atoms with van der Waals surface area (Å²) >= 11 is 0. The molecule has 8 nitrogen and oxygen atoms in total. The molecule has 0 aliphatic carbocycles. The van der Waals surface area contributed by atoms with E-state index in [2.05, 4.69) is 0 Å². The maximum Gasteiger partial charge on any atom is 0.264 e. The van der Waals surface area contributed by atoms with E-state index >= 15 is 0 Å². The van der Waals surface area contributed by atoms with E-state index in [0.717, 1.165) is 25.9 Å². The Hall–Kier alpha value is -3.55. The van der Waals surface area contributed by atoms with Crippen molar-refractivity contribution >= 4 is 23.4 Å². The Kier molecular flexibility index (Phi) is 5.00. The highest BCUT2D eigenvalue weighted by atomic mass is 16.5. The van der Waals surface area contributed by atoms with Crippen molar-refractivity contribution in [3.05, 3.63) is 53.1 Å². The molecule has 2 aromatic carbocycles. The number of ether oxygens (including phenoxy) is 2. The summed E-state index contributed by atoms with van der Waals surface area (Å²) < 4.78 is 10.9. The predicted octanol–water partition coefficient (Wildman–Crippen LogP) is 2.83. The van der Waals surface area contributed by atoms with Gasteiger partial charge in [-0.25, -0.2) is 0 Å². The molecule has 3 aliphatic rings. The van der Waals surface area contributed by atoms with Gasteiger partial charge in [-0.15, -0.1) is 0 Å². The van der Waals surface area contributed by atoms with Crippen molar-refractivity contribution in [2.24, 2.45) is 0 Å². The van der Waals surface area contributed by atoms with Gasteiger partial charge in [0.2, 0.25) is 5.91 Å². The first-order valence-corrected chi connectivity index (χ1v) is 10.8. The highest BCUT2D eigenvalue weighted by Gasteiger charge is 2.49. The minimum atomic E-state index is -0.633. The van der Waals surface area contributed by atoms with Crippen LogP contribution in [0.2, 0.25) is 0 Å². The third kappa shape index (κ3) is 2.93. The van der Waals surface area contributed by atoms with E-state index in [9.17, 15) is 14.4 Å². The first kappa shape index (κ1) is 20.4. The number of rotatable bonds is 5. The van der Waals surface area contributed by atoms with Crippen LogP contribution in [-0.4, -0.2) is 61.4 Å². The molecule has 0 radical (unpaired) electrons. The minimum Gasteiger partial charge on any atom is -0.493 e. The van der Waals surface area contributed by atoms with Gasteiger partial charge >= 0.3 is 0 Å². The van der Waals surface area contributed by atoms with Gasteiger partial charge in [-0.1, -0.05) is 18.2 Å². The van der Waals surface area contributed by atoms with Crippen LogP contribution in [0, 0.1) is 0 Å². The minimum absolute atomic E-state index is 0.0394. The van der Waals surface area contributed by atoms with E-state index in [1.54, 1.807) is 40.1 Å². The first-order valence-electron chi connectivity index (χ1n) is 10.8. The summed E-state index contributed by atoms with van der Waals surface area (Å²) in [5, 5.41) is 0. The van der Waals surface area contributed by atoms with E-state index in [1.807, 2.05) is 11.0 Å². The number of para-hydroxylation sites is 1. The lowest BCUT2D eigenvalue weighted by atomic mass is 10.0. The van der Waals surface area contributed by atoms with Crippen LogP contribution in [0.4, 0.5) is 5.69 Å². The Morgan fingerprint density at radius 3 is 2.47 bits per heavy atom. The fourth-order valence-corrected chi connectivity index (χ4v) is 4.99. The molecule has 166 valence electrons. The monoisotopic (exact) mass is 435 g/mol. The molecule has 8 heteroatoms. The summed E-state index contributed by atoms with van der Waals surface area (Å²) in [5.74, 6) is 0.401. The molecule has 3 heterocycles. The van der Waals surface area contributed by atoms with Gasteiger partial charge in [0.25, 0.3) is 11.8 Å². The fourth-order valence-electron chi connectivity index (χ4n) is 4.99. The maximum atomic E-state index is 13.6. The van der Waals surface area contributed by atoms with E-state index in [4.69, 9.17) is 9.47 Å². The summed E-state index contributed by atoms with van der Waals surface area (Å²) in [6.07, 6.45) is 1.62. The van der Waals surface area contributed by atoms with Crippen LogP contribution >= 0.6 is 0 Å². The van der Waals surface area contributed by atoms with Crippen LogP contribution in [0.1, 0.15) is 51.7 Å². The zero-order valence-corrected chi connectivity index (χ0v) is 18.2. The number of fused-ring (bicyclic) bond motifs is 5. The number of likely N-dealkylation sites (tertiary alicyclic amines) is 1. The molecular formula is C24H25N3O5. The van der Waals surface area contributed by atoms with Gasteiger partial charge in [0.15, 0.2) is 11.5 Å². The van der Waals surface area contributed by atoms with E-state index in [0.29, 0.717) is 33.9 Å². The van der Waals surface area contributed by atoms with E-state index in [1.165, 1.54) is 14.2 Å². The van der Waals surface area contributed by atoms with Crippen LogP contribution in [0.3, 0.4) is 0 Å². The normalized spacial score (nSPS) is 19.1. The first-order chi connectivity index (χ1) is 15.6. The van der Waals surface area contributed by atoms with Crippen molar-refractivity contribution in [2.75, 3.05) is 38.8 Å². The number of amides is 3. The number of hydrogen-bond donors (Lipinski definition) is 0. The number of hydrogen-bond acceptors (Lipinski definition) is 5. The topological polar surface area (TPSA) is 79.4 Å². The Morgan fingerprint density at radius 1 is 1.00 bits per heavy atom. The lowest BCUT2D eigenvalue weighted by Crippen LogP contribution is -2.49. The van der Waals surface area contributed by atoms with Crippen molar-refractivity contribution < 1.29 is 23.9 Å². The van der Waals surface area contributed by atoms with Gasteiger partial charge in [0.05, 0.1) is 31.0 Å². The molecule has 3 aliphatic heterocycles. The van der Waals surface area contributed by atoms with Gasteiger partial charge < -0.3 is 19.3 Å². The number of carbonyl (C=O) groups excluding carboxylic acids is 3. The number of benzene rings is 2. The summed E-state index contributed by atoms with van der Waals surface area (Å²) in [6, 6.07) is 10.6. The second kappa shape index (κ2) is 7.85. The molecule has 1 saturated heterocycles. The molecule has 1 atom stereocenters. The average molecular weight is 435 g/mol. The van der Waals surface area contributed by atoms with Crippen LogP contribution in [0.15, 0.2) is 36.4 Å². The molecule has 2 aromatic rings. The third-order valence-electron chi connectivity index (χ3n) is 6.51. The van der Waals surface area contributed by atoms with Crippen LogP contribution in [0.5, 0.6) is 11.5 Å². The third-order valence-corrected chi connectivity index (χ3v) is 6.51. The predicted molar refractivity (Wildman–Crippen MR) is 117 cm³/mol. The van der Waals surface area contributed by atoms with E-state index in [-0.39, 0.29) is 30.7 Å². The highest BCUT2D eigenvalue weighted by Crippen LogP contribution is 2.49. The number of methoxy groups -OCH3 is 2. The maximum absolute atomic E-state index is 13.6. The molecule has 0 N–H and O–H groups in total. The second-order valence-corrected chi connectivity index (χ2v) is 8.17. The molecular weight excluding hydrogens is 410 g/mol. The van der Waals surface area contributed by atoms with Gasteiger partial charge in [-0.05, 0) is 31.0 Å². The summed E-state index contributed by atoms with van der Waals surface area (Å²) in [4.78, 5) is 44.9. The molecule has 0 spiro atoms. The van der Waals surface area contributed by atoms with Crippen molar-refractivity contribution in [3.8, 4) is 11.5 Å². The zero-order chi connectivity index (χ0) is 22.4. The van der Waals surface area contributed by atoms with Gasteiger partial charge in [0, 0.05) is 31.6 Å². The number of anilines is 1. The molecule has 0 aromatic heterocycles. The Labute approximate surface area is 186 Å². The molecule has 0 saturated carbocycles. The van der Waals surface area contributed by atoms with Gasteiger partial charge in [-0.3, -0.25) is 19.3 Å². The summed E-state index contributed by atoms with van der Waals surface area (Å²) in [5.41, 5.74) is 2.07. The lowest BCUT2D eigenvalue weighted by molar-refractivity contribution is -0.130. The standard InChI is InChI=1S/C24H25N3O5/c1-31-18-10-9-16-20(21(18)32-2)24(30)27-17-8-4-3-7-15(17)23(29)26(22(16)27)14-11-19(28)25-12-5-6-13-25/h3-4,7-10,22H,5-6,11-14H2,1-2H3/t22-/m1/s1. The van der Waals surface area contributed by atoms with Crippen LogP contribution in [-0.2, 0) is 4.79 Å². The smallest absolute Gasteiger partial charge is 0.264 e. The van der Waals surface area contributed by atoms with Crippen molar-refractivity contribution in [2.45, 2.75) is 25.4 Å². The van der Waals surface area contributed by atoms with E-state index < -0.39 is 6.17 Å². The van der Waals surface area contributed by atoms with Crippen LogP contribution in [0.25, 0.3) is 0 Å². The average Bonchev–Trinajstić information content (AvgIpc) is 3.46.